The van der Waals surface area contributed by atoms with E-state index in [1.807, 2.05) is 6.92 Å². The van der Waals surface area contributed by atoms with Crippen LogP contribution in [0.15, 0.2) is 18.2 Å². The second kappa shape index (κ2) is 6.74. The third-order valence-corrected chi connectivity index (χ3v) is 4.05. The average Bonchev–Trinajstić information content (AvgIpc) is 2.90. The normalized spacial score (nSPS) is 15.7. The van der Waals surface area contributed by atoms with Gasteiger partial charge >= 0.3 is 5.97 Å². The number of ether oxygens (including phenoxy) is 1. The lowest BCUT2D eigenvalue weighted by molar-refractivity contribution is -0.143. The Hall–Kier alpha value is -1.31. The van der Waals surface area contributed by atoms with Crippen molar-refractivity contribution in [2.45, 2.75) is 58.3 Å². The second-order valence-electron chi connectivity index (χ2n) is 5.48. The van der Waals surface area contributed by atoms with E-state index in [-0.39, 0.29) is 5.97 Å². The first-order valence-electron chi connectivity index (χ1n) is 7.45. The Balaban J connectivity index is 1.96. The number of aryl methyl sites for hydroxylation is 2. The fourth-order valence-electron chi connectivity index (χ4n) is 3.07. The van der Waals surface area contributed by atoms with Crippen LogP contribution in [0, 0.1) is 6.92 Å². The van der Waals surface area contributed by atoms with Crippen molar-refractivity contribution in [2.24, 2.45) is 0 Å². The van der Waals surface area contributed by atoms with Gasteiger partial charge in [0.15, 0.2) is 0 Å². The summed E-state index contributed by atoms with van der Waals surface area (Å²) in [5.41, 5.74) is 4.14. The molecule has 1 aliphatic carbocycles. The van der Waals surface area contributed by atoms with Crippen LogP contribution in [0.1, 0.15) is 61.6 Å². The van der Waals surface area contributed by atoms with E-state index < -0.39 is 0 Å². The van der Waals surface area contributed by atoms with Crippen LogP contribution in [0.2, 0.25) is 0 Å². The van der Waals surface area contributed by atoms with Gasteiger partial charge in [-0.25, -0.2) is 0 Å². The SMILES string of the molecule is CCOC(=O)CCc1ccc(C2CCCC2)c(C)c1. The maximum absolute atomic E-state index is 11.4. The van der Waals surface area contributed by atoms with Gasteiger partial charge in [0.05, 0.1) is 6.61 Å². The molecule has 0 heterocycles. The molecule has 19 heavy (non-hydrogen) atoms. The first kappa shape index (κ1) is 14.1. The van der Waals surface area contributed by atoms with E-state index in [0.717, 1.165) is 12.3 Å². The Morgan fingerprint density at radius 1 is 1.32 bits per heavy atom. The summed E-state index contributed by atoms with van der Waals surface area (Å²) in [7, 11) is 0. The highest BCUT2D eigenvalue weighted by Gasteiger charge is 2.18. The van der Waals surface area contributed by atoms with Gasteiger partial charge in [-0.15, -0.1) is 0 Å². The van der Waals surface area contributed by atoms with Crippen molar-refractivity contribution in [3.05, 3.63) is 34.9 Å². The molecule has 1 aromatic carbocycles. The zero-order valence-corrected chi connectivity index (χ0v) is 12.1. The van der Waals surface area contributed by atoms with Crippen LogP contribution in [0.3, 0.4) is 0 Å². The molecule has 0 N–H and O–H groups in total. The Bertz CT molecular complexity index is 431. The number of rotatable bonds is 5. The molecule has 0 atom stereocenters. The lowest BCUT2D eigenvalue weighted by Crippen LogP contribution is -2.05. The summed E-state index contributed by atoms with van der Waals surface area (Å²) in [6.07, 6.45) is 6.68. The first-order chi connectivity index (χ1) is 9.20. The molecule has 0 aromatic heterocycles. The van der Waals surface area contributed by atoms with Crippen molar-refractivity contribution < 1.29 is 9.53 Å². The van der Waals surface area contributed by atoms with Gasteiger partial charge in [0.2, 0.25) is 0 Å². The van der Waals surface area contributed by atoms with Gasteiger partial charge in [0.25, 0.3) is 0 Å². The Labute approximate surface area is 116 Å². The van der Waals surface area contributed by atoms with Crippen LogP contribution in [0.4, 0.5) is 0 Å². The fraction of sp³-hybridized carbons (Fsp3) is 0.588. The molecule has 0 radical (unpaired) electrons. The van der Waals surface area contributed by atoms with Crippen molar-refractivity contribution in [1.82, 2.24) is 0 Å². The number of hydrogen-bond acceptors (Lipinski definition) is 2. The molecule has 0 spiro atoms. The third-order valence-electron chi connectivity index (χ3n) is 4.05. The average molecular weight is 260 g/mol. The number of carbonyl (C=O) groups excluding carboxylic acids is 1. The van der Waals surface area contributed by atoms with E-state index in [4.69, 9.17) is 4.74 Å². The van der Waals surface area contributed by atoms with Crippen molar-refractivity contribution in [2.75, 3.05) is 6.61 Å². The maximum Gasteiger partial charge on any atom is 0.306 e. The molecule has 1 fully saturated rings. The van der Waals surface area contributed by atoms with E-state index in [1.54, 1.807) is 0 Å². The Kier molecular flexibility index (Phi) is 5.00. The molecule has 1 aliphatic rings. The number of hydrogen-bond donors (Lipinski definition) is 0. The van der Waals surface area contributed by atoms with Gasteiger partial charge in [-0.05, 0) is 55.7 Å². The van der Waals surface area contributed by atoms with Gasteiger partial charge < -0.3 is 4.74 Å². The van der Waals surface area contributed by atoms with Gasteiger partial charge in [-0.1, -0.05) is 31.0 Å². The topological polar surface area (TPSA) is 26.3 Å². The molecule has 0 saturated heterocycles. The molecule has 2 rings (SSSR count). The highest BCUT2D eigenvalue weighted by Crippen LogP contribution is 2.35. The van der Waals surface area contributed by atoms with Crippen LogP contribution < -0.4 is 0 Å². The predicted molar refractivity (Wildman–Crippen MR) is 77.3 cm³/mol. The summed E-state index contributed by atoms with van der Waals surface area (Å²) >= 11 is 0. The van der Waals surface area contributed by atoms with Gasteiger partial charge in [0.1, 0.15) is 0 Å². The molecule has 1 aromatic rings. The lowest BCUT2D eigenvalue weighted by Gasteiger charge is -2.14. The highest BCUT2D eigenvalue weighted by molar-refractivity contribution is 5.69. The number of esters is 1. The summed E-state index contributed by atoms with van der Waals surface area (Å²) in [6.45, 7) is 4.51. The van der Waals surface area contributed by atoms with E-state index in [2.05, 4.69) is 25.1 Å². The summed E-state index contributed by atoms with van der Waals surface area (Å²) in [5, 5.41) is 0. The molecule has 104 valence electrons. The van der Waals surface area contributed by atoms with Crippen LogP contribution in [-0.4, -0.2) is 12.6 Å². The second-order valence-corrected chi connectivity index (χ2v) is 5.48. The van der Waals surface area contributed by atoms with Crippen molar-refractivity contribution in [1.29, 1.82) is 0 Å². The van der Waals surface area contributed by atoms with Crippen LogP contribution in [0.25, 0.3) is 0 Å². The fourth-order valence-corrected chi connectivity index (χ4v) is 3.07. The minimum atomic E-state index is -0.0972. The van der Waals surface area contributed by atoms with Crippen molar-refractivity contribution >= 4 is 5.97 Å². The first-order valence-corrected chi connectivity index (χ1v) is 7.45. The van der Waals surface area contributed by atoms with E-state index in [0.29, 0.717) is 13.0 Å². The minimum Gasteiger partial charge on any atom is -0.466 e. The standard InChI is InChI=1S/C17H24O2/c1-3-19-17(18)11-9-14-8-10-16(13(2)12-14)15-6-4-5-7-15/h8,10,12,15H,3-7,9,11H2,1-2H3. The highest BCUT2D eigenvalue weighted by atomic mass is 16.5. The largest absolute Gasteiger partial charge is 0.466 e. The summed E-state index contributed by atoms with van der Waals surface area (Å²) < 4.78 is 4.96. The van der Waals surface area contributed by atoms with Gasteiger partial charge in [-0.3, -0.25) is 4.79 Å². The van der Waals surface area contributed by atoms with Crippen LogP contribution in [-0.2, 0) is 16.0 Å². The summed E-state index contributed by atoms with van der Waals surface area (Å²) in [6, 6.07) is 6.69. The van der Waals surface area contributed by atoms with Gasteiger partial charge in [-0.2, -0.15) is 0 Å². The van der Waals surface area contributed by atoms with Crippen LogP contribution >= 0.6 is 0 Å². The molecule has 2 heteroatoms. The maximum atomic E-state index is 11.4. The Morgan fingerprint density at radius 2 is 2.05 bits per heavy atom. The monoisotopic (exact) mass is 260 g/mol. The van der Waals surface area contributed by atoms with E-state index >= 15 is 0 Å². The summed E-state index contributed by atoms with van der Waals surface area (Å²) in [5.74, 6) is 0.666. The number of benzene rings is 1. The predicted octanol–water partition coefficient (Wildman–Crippen LogP) is 4.15. The molecule has 0 unspecified atom stereocenters. The smallest absolute Gasteiger partial charge is 0.306 e. The van der Waals surface area contributed by atoms with E-state index in [1.165, 1.54) is 42.4 Å². The van der Waals surface area contributed by atoms with Crippen molar-refractivity contribution in [3.8, 4) is 0 Å². The minimum absolute atomic E-state index is 0.0972. The van der Waals surface area contributed by atoms with E-state index in [9.17, 15) is 4.79 Å². The third kappa shape index (κ3) is 3.82. The zero-order chi connectivity index (χ0) is 13.7. The quantitative estimate of drug-likeness (QED) is 0.743. The molecule has 0 bridgehead atoms. The molecular formula is C17H24O2. The van der Waals surface area contributed by atoms with Crippen molar-refractivity contribution in [3.63, 3.8) is 0 Å². The molecule has 2 nitrogen and oxygen atoms in total. The zero-order valence-electron chi connectivity index (χ0n) is 12.1. The Morgan fingerprint density at radius 3 is 2.68 bits per heavy atom. The van der Waals surface area contributed by atoms with Gasteiger partial charge in [0, 0.05) is 6.42 Å². The lowest BCUT2D eigenvalue weighted by atomic mass is 9.91. The molecule has 0 aliphatic heterocycles. The number of carbonyl (C=O) groups is 1. The molecule has 1 saturated carbocycles. The molecule has 0 amide bonds. The van der Waals surface area contributed by atoms with Crippen LogP contribution in [0.5, 0.6) is 0 Å². The molecular weight excluding hydrogens is 236 g/mol. The summed E-state index contributed by atoms with van der Waals surface area (Å²) in [4.78, 5) is 11.4.